The van der Waals surface area contributed by atoms with Gasteiger partial charge < -0.3 is 15.0 Å². The second-order valence-corrected chi connectivity index (χ2v) is 6.02. The Labute approximate surface area is 137 Å². The summed E-state index contributed by atoms with van der Waals surface area (Å²) in [4.78, 5) is 11.4. The molecule has 0 spiro atoms. The SMILES string of the molecule is CCOc1ccc(Nc2ccnc(N3CCCC(C)C3)n2)cc1. The third-order valence-electron chi connectivity index (χ3n) is 4.02. The molecule has 2 aromatic rings. The van der Waals surface area contributed by atoms with Gasteiger partial charge in [-0.25, -0.2) is 4.98 Å². The maximum atomic E-state index is 5.46. The first-order valence-electron chi connectivity index (χ1n) is 8.32. The smallest absolute Gasteiger partial charge is 0.227 e. The summed E-state index contributed by atoms with van der Waals surface area (Å²) in [6.07, 6.45) is 4.32. The Morgan fingerprint density at radius 1 is 1.26 bits per heavy atom. The van der Waals surface area contributed by atoms with E-state index in [0.29, 0.717) is 12.5 Å². The van der Waals surface area contributed by atoms with Gasteiger partial charge in [-0.15, -0.1) is 0 Å². The summed E-state index contributed by atoms with van der Waals surface area (Å²) in [5, 5.41) is 3.33. The van der Waals surface area contributed by atoms with E-state index in [0.717, 1.165) is 36.3 Å². The predicted molar refractivity (Wildman–Crippen MR) is 93.5 cm³/mol. The van der Waals surface area contributed by atoms with Crippen LogP contribution in [0.1, 0.15) is 26.7 Å². The molecule has 0 bridgehead atoms. The second kappa shape index (κ2) is 7.31. The van der Waals surface area contributed by atoms with Gasteiger partial charge in [0, 0.05) is 25.0 Å². The Hall–Kier alpha value is -2.30. The molecule has 5 nitrogen and oxygen atoms in total. The van der Waals surface area contributed by atoms with Gasteiger partial charge in [0.15, 0.2) is 0 Å². The first-order valence-corrected chi connectivity index (χ1v) is 8.32. The number of nitrogens with zero attached hydrogens (tertiary/aromatic N) is 3. The van der Waals surface area contributed by atoms with Crippen molar-refractivity contribution < 1.29 is 4.74 Å². The minimum Gasteiger partial charge on any atom is -0.494 e. The van der Waals surface area contributed by atoms with Crippen molar-refractivity contribution >= 4 is 17.5 Å². The van der Waals surface area contributed by atoms with Gasteiger partial charge in [-0.1, -0.05) is 6.92 Å². The summed E-state index contributed by atoms with van der Waals surface area (Å²) >= 11 is 0. The van der Waals surface area contributed by atoms with Crippen molar-refractivity contribution in [2.24, 2.45) is 5.92 Å². The first kappa shape index (κ1) is 15.6. The van der Waals surface area contributed by atoms with E-state index < -0.39 is 0 Å². The first-order chi connectivity index (χ1) is 11.2. The fraction of sp³-hybridized carbons (Fsp3) is 0.444. The van der Waals surface area contributed by atoms with Crippen molar-refractivity contribution in [2.45, 2.75) is 26.7 Å². The van der Waals surface area contributed by atoms with E-state index in [4.69, 9.17) is 4.74 Å². The van der Waals surface area contributed by atoms with Crippen molar-refractivity contribution in [3.63, 3.8) is 0 Å². The van der Waals surface area contributed by atoms with Crippen molar-refractivity contribution in [1.82, 2.24) is 9.97 Å². The van der Waals surface area contributed by atoms with E-state index in [1.165, 1.54) is 12.8 Å². The number of aromatic nitrogens is 2. The Kier molecular flexibility index (Phi) is 4.95. The number of hydrogen-bond donors (Lipinski definition) is 1. The Balaban J connectivity index is 1.69. The highest BCUT2D eigenvalue weighted by molar-refractivity contribution is 5.58. The topological polar surface area (TPSA) is 50.3 Å². The summed E-state index contributed by atoms with van der Waals surface area (Å²) < 4.78 is 5.46. The number of piperidine rings is 1. The van der Waals surface area contributed by atoms with E-state index in [2.05, 4.69) is 27.1 Å². The Morgan fingerprint density at radius 3 is 2.83 bits per heavy atom. The molecule has 2 heterocycles. The molecule has 1 atom stereocenters. The summed E-state index contributed by atoms with van der Waals surface area (Å²) in [6, 6.07) is 9.80. The van der Waals surface area contributed by atoms with E-state index >= 15 is 0 Å². The molecule has 5 heteroatoms. The highest BCUT2D eigenvalue weighted by Gasteiger charge is 2.18. The maximum Gasteiger partial charge on any atom is 0.227 e. The lowest BCUT2D eigenvalue weighted by Crippen LogP contribution is -2.35. The van der Waals surface area contributed by atoms with Crippen molar-refractivity contribution in [1.29, 1.82) is 0 Å². The number of nitrogens with one attached hydrogen (secondary N) is 1. The highest BCUT2D eigenvalue weighted by atomic mass is 16.5. The molecule has 0 radical (unpaired) electrons. The third-order valence-corrected chi connectivity index (χ3v) is 4.02. The molecular formula is C18H24N4O. The predicted octanol–water partition coefficient (Wildman–Crippen LogP) is 3.86. The van der Waals surface area contributed by atoms with Gasteiger partial charge in [0.25, 0.3) is 0 Å². The molecule has 122 valence electrons. The molecule has 1 fully saturated rings. The average molecular weight is 312 g/mol. The van der Waals surface area contributed by atoms with Crippen LogP contribution in [-0.4, -0.2) is 29.7 Å². The zero-order valence-corrected chi connectivity index (χ0v) is 13.8. The molecule has 1 aromatic carbocycles. The van der Waals surface area contributed by atoms with Crippen molar-refractivity contribution in [3.8, 4) is 5.75 Å². The zero-order valence-electron chi connectivity index (χ0n) is 13.8. The molecular weight excluding hydrogens is 288 g/mol. The molecule has 1 unspecified atom stereocenters. The van der Waals surface area contributed by atoms with Gasteiger partial charge in [-0.2, -0.15) is 4.98 Å². The Morgan fingerprint density at radius 2 is 2.09 bits per heavy atom. The molecule has 0 amide bonds. The van der Waals surface area contributed by atoms with E-state index in [9.17, 15) is 0 Å². The molecule has 1 aromatic heterocycles. The van der Waals surface area contributed by atoms with E-state index in [1.807, 2.05) is 43.5 Å². The van der Waals surface area contributed by atoms with Crippen LogP contribution in [0.15, 0.2) is 36.5 Å². The van der Waals surface area contributed by atoms with Crippen LogP contribution < -0.4 is 15.0 Å². The third kappa shape index (κ3) is 4.12. The molecule has 3 rings (SSSR count). The molecule has 1 aliphatic rings. The lowest BCUT2D eigenvalue weighted by Gasteiger charge is -2.30. The molecule has 1 N–H and O–H groups in total. The van der Waals surface area contributed by atoms with Crippen molar-refractivity contribution in [2.75, 3.05) is 29.9 Å². The average Bonchev–Trinajstić information content (AvgIpc) is 2.57. The molecule has 23 heavy (non-hydrogen) atoms. The molecule has 1 aliphatic heterocycles. The summed E-state index contributed by atoms with van der Waals surface area (Å²) in [7, 11) is 0. The normalized spacial score (nSPS) is 17.8. The number of rotatable bonds is 5. The highest BCUT2D eigenvalue weighted by Crippen LogP contribution is 2.23. The molecule has 0 aliphatic carbocycles. The van der Waals surface area contributed by atoms with Crippen molar-refractivity contribution in [3.05, 3.63) is 36.5 Å². The minimum absolute atomic E-state index is 0.677. The van der Waals surface area contributed by atoms with Crippen LogP contribution in [0.3, 0.4) is 0 Å². The van der Waals surface area contributed by atoms with Crippen LogP contribution in [0.5, 0.6) is 5.75 Å². The number of anilines is 3. The number of ether oxygens (including phenoxy) is 1. The fourth-order valence-electron chi connectivity index (χ4n) is 2.89. The van der Waals surface area contributed by atoms with Gasteiger partial charge in [0.2, 0.25) is 5.95 Å². The second-order valence-electron chi connectivity index (χ2n) is 6.02. The largest absolute Gasteiger partial charge is 0.494 e. The van der Waals surface area contributed by atoms with Gasteiger partial charge in [-0.05, 0) is 56.0 Å². The van der Waals surface area contributed by atoms with E-state index in [-0.39, 0.29) is 0 Å². The summed E-state index contributed by atoms with van der Waals surface area (Å²) in [5.74, 6) is 3.21. The van der Waals surface area contributed by atoms with Crippen LogP contribution in [0.4, 0.5) is 17.5 Å². The fourth-order valence-corrected chi connectivity index (χ4v) is 2.89. The lowest BCUT2D eigenvalue weighted by molar-refractivity contribution is 0.340. The summed E-state index contributed by atoms with van der Waals surface area (Å²) in [6.45, 7) is 7.02. The van der Waals surface area contributed by atoms with Gasteiger partial charge >= 0.3 is 0 Å². The Bertz CT molecular complexity index is 629. The number of hydrogen-bond acceptors (Lipinski definition) is 5. The van der Waals surface area contributed by atoms with E-state index in [1.54, 1.807) is 0 Å². The minimum atomic E-state index is 0.677. The van der Waals surface area contributed by atoms with Gasteiger partial charge in [0.1, 0.15) is 11.6 Å². The number of benzene rings is 1. The van der Waals surface area contributed by atoms with Crippen LogP contribution in [0.25, 0.3) is 0 Å². The van der Waals surface area contributed by atoms with Crippen LogP contribution in [0, 0.1) is 5.92 Å². The zero-order chi connectivity index (χ0) is 16.1. The van der Waals surface area contributed by atoms with Gasteiger partial charge in [0.05, 0.1) is 6.61 Å². The lowest BCUT2D eigenvalue weighted by atomic mass is 10.0. The van der Waals surface area contributed by atoms with Crippen LogP contribution in [0.2, 0.25) is 0 Å². The maximum absolute atomic E-state index is 5.46. The monoisotopic (exact) mass is 312 g/mol. The van der Waals surface area contributed by atoms with Crippen LogP contribution in [-0.2, 0) is 0 Å². The quantitative estimate of drug-likeness (QED) is 0.908. The molecule has 0 saturated carbocycles. The summed E-state index contributed by atoms with van der Waals surface area (Å²) in [5.41, 5.74) is 0.991. The standard InChI is InChI=1S/C18H24N4O/c1-3-23-16-8-6-15(7-9-16)20-17-10-11-19-18(21-17)22-12-4-5-14(2)13-22/h6-11,14H,3-5,12-13H2,1-2H3,(H,19,20,21). The van der Waals surface area contributed by atoms with Gasteiger partial charge in [-0.3, -0.25) is 0 Å². The van der Waals surface area contributed by atoms with Crippen LogP contribution >= 0.6 is 0 Å². The molecule has 1 saturated heterocycles.